The Morgan fingerprint density at radius 1 is 0.636 bits per heavy atom. The Kier molecular flexibility index (Phi) is 5.98. The summed E-state index contributed by atoms with van der Waals surface area (Å²) in [5.41, 5.74) is 8.22. The fourth-order valence-electron chi connectivity index (χ4n) is 3.98. The zero-order valence-electron chi connectivity index (χ0n) is 14.6. The Morgan fingerprint density at radius 2 is 0.909 bits per heavy atom. The van der Waals surface area contributed by atoms with Crippen molar-refractivity contribution in [2.24, 2.45) is 11.8 Å². The first-order valence-corrected chi connectivity index (χ1v) is 7.68. The van der Waals surface area contributed by atoms with Crippen LogP contribution in [0, 0.1) is 11.8 Å². The van der Waals surface area contributed by atoms with Gasteiger partial charge >= 0.3 is 0 Å². The Bertz CT molecular complexity index is 437. The lowest BCUT2D eigenvalue weighted by Gasteiger charge is -2.24. The van der Waals surface area contributed by atoms with E-state index >= 15 is 0 Å². The Hall–Kier alpha value is -0.940. The fraction of sp³-hybridized carbons (Fsp3) is 0.667. The second-order valence-electron chi connectivity index (χ2n) is 6.15. The molecule has 2 aliphatic carbocycles. The van der Waals surface area contributed by atoms with E-state index in [2.05, 4.69) is 13.8 Å². The van der Waals surface area contributed by atoms with Gasteiger partial charge in [-0.05, 0) is 41.7 Å². The molecule has 2 bridgehead atoms. The van der Waals surface area contributed by atoms with Gasteiger partial charge in [0.2, 0.25) is 0 Å². The highest BCUT2D eigenvalue weighted by molar-refractivity contribution is 5.61. The second kappa shape index (κ2) is 7.55. The van der Waals surface area contributed by atoms with Gasteiger partial charge in [-0.2, -0.15) is 0 Å². The fourth-order valence-corrected chi connectivity index (χ4v) is 3.98. The molecule has 2 aliphatic rings. The maximum absolute atomic E-state index is 5.47. The van der Waals surface area contributed by atoms with Crippen LogP contribution >= 0.6 is 0 Å². The van der Waals surface area contributed by atoms with Gasteiger partial charge in [-0.25, -0.2) is 0 Å². The molecule has 4 heteroatoms. The zero-order chi connectivity index (χ0) is 16.3. The van der Waals surface area contributed by atoms with Crippen molar-refractivity contribution in [2.75, 3.05) is 54.9 Å². The molecular weight excluding hydrogens is 280 g/mol. The zero-order valence-corrected chi connectivity index (χ0v) is 14.6. The van der Waals surface area contributed by atoms with E-state index in [1.165, 1.54) is 33.4 Å². The molecule has 4 nitrogen and oxygen atoms in total. The molecule has 0 N–H and O–H groups in total. The Morgan fingerprint density at radius 3 is 1.09 bits per heavy atom. The maximum atomic E-state index is 5.47. The quantitative estimate of drug-likeness (QED) is 0.646. The van der Waals surface area contributed by atoms with E-state index in [4.69, 9.17) is 18.9 Å². The van der Waals surface area contributed by atoms with Gasteiger partial charge in [0, 0.05) is 40.3 Å². The summed E-state index contributed by atoms with van der Waals surface area (Å²) in [5.74, 6) is 0.593. The number of methoxy groups -OCH3 is 4. The van der Waals surface area contributed by atoms with Crippen LogP contribution in [0.25, 0.3) is 0 Å². The van der Waals surface area contributed by atoms with E-state index in [1.54, 1.807) is 28.4 Å². The lowest BCUT2D eigenvalue weighted by molar-refractivity contribution is 0.191. The van der Waals surface area contributed by atoms with E-state index in [9.17, 15) is 0 Å². The molecule has 0 aromatic heterocycles. The van der Waals surface area contributed by atoms with Crippen molar-refractivity contribution in [3.05, 3.63) is 33.4 Å². The smallest absolute Gasteiger partial charge is 0.0685 e. The number of hydrogen-bond donors (Lipinski definition) is 0. The molecular formula is C18H28O4. The summed E-state index contributed by atoms with van der Waals surface area (Å²) in [5, 5.41) is 0. The molecule has 0 radical (unpaired) electrons. The largest absolute Gasteiger partial charge is 0.380 e. The van der Waals surface area contributed by atoms with Gasteiger partial charge in [-0.1, -0.05) is 5.57 Å². The SMILES string of the molecule is COCC1=C(COC)C2C(COC)=C(COC)C1C2=C(C)C. The Balaban J connectivity index is 2.54. The minimum absolute atomic E-state index is 0.296. The van der Waals surface area contributed by atoms with Gasteiger partial charge in [0.15, 0.2) is 0 Å². The standard InChI is InChI=1S/C18H28O4/c1-11(2)16-17-12(7-19-3)13(8-20-4)18(16)15(10-22-6)14(17)9-21-5/h17-18H,7-10H2,1-6H3. The second-order valence-corrected chi connectivity index (χ2v) is 6.15. The number of ether oxygens (including phenoxy) is 4. The first kappa shape index (κ1) is 17.4. The lowest BCUT2D eigenvalue weighted by Crippen LogP contribution is -2.19. The molecule has 124 valence electrons. The lowest BCUT2D eigenvalue weighted by atomic mass is 9.87. The molecule has 0 heterocycles. The number of hydrogen-bond acceptors (Lipinski definition) is 4. The summed E-state index contributed by atoms with van der Waals surface area (Å²) >= 11 is 0. The highest BCUT2D eigenvalue weighted by atomic mass is 16.5. The van der Waals surface area contributed by atoms with E-state index < -0.39 is 0 Å². The molecule has 22 heavy (non-hydrogen) atoms. The summed E-state index contributed by atoms with van der Waals surface area (Å²) < 4.78 is 21.9. The minimum Gasteiger partial charge on any atom is -0.380 e. The van der Waals surface area contributed by atoms with Gasteiger partial charge < -0.3 is 18.9 Å². The molecule has 0 unspecified atom stereocenters. The van der Waals surface area contributed by atoms with E-state index in [0.29, 0.717) is 38.3 Å². The molecule has 0 aliphatic heterocycles. The molecule has 0 saturated carbocycles. The predicted molar refractivity (Wildman–Crippen MR) is 86.9 cm³/mol. The third-order valence-corrected chi connectivity index (χ3v) is 4.62. The maximum Gasteiger partial charge on any atom is 0.0685 e. The highest BCUT2D eigenvalue weighted by Crippen LogP contribution is 2.56. The highest BCUT2D eigenvalue weighted by Gasteiger charge is 2.48. The van der Waals surface area contributed by atoms with Crippen LogP contribution in [0.3, 0.4) is 0 Å². The van der Waals surface area contributed by atoms with Crippen molar-refractivity contribution in [3.63, 3.8) is 0 Å². The predicted octanol–water partition coefficient (Wildman–Crippen LogP) is 2.76. The van der Waals surface area contributed by atoms with Crippen molar-refractivity contribution in [1.29, 1.82) is 0 Å². The van der Waals surface area contributed by atoms with Crippen LogP contribution in [-0.4, -0.2) is 54.9 Å². The monoisotopic (exact) mass is 308 g/mol. The van der Waals surface area contributed by atoms with Gasteiger partial charge in [-0.15, -0.1) is 0 Å². The summed E-state index contributed by atoms with van der Waals surface area (Å²) in [7, 11) is 7.01. The molecule has 0 spiro atoms. The Labute approximate surface area is 133 Å². The average Bonchev–Trinajstić information content (AvgIpc) is 2.94. The van der Waals surface area contributed by atoms with Crippen molar-refractivity contribution < 1.29 is 18.9 Å². The van der Waals surface area contributed by atoms with Crippen LogP contribution < -0.4 is 0 Å². The van der Waals surface area contributed by atoms with E-state index in [-0.39, 0.29) is 0 Å². The van der Waals surface area contributed by atoms with E-state index in [0.717, 1.165) is 0 Å². The summed E-state index contributed by atoms with van der Waals surface area (Å²) in [6.45, 7) is 6.95. The van der Waals surface area contributed by atoms with Crippen LogP contribution in [0.5, 0.6) is 0 Å². The normalized spacial score (nSPS) is 24.0. The van der Waals surface area contributed by atoms with Crippen molar-refractivity contribution >= 4 is 0 Å². The summed E-state index contributed by atoms with van der Waals surface area (Å²) in [4.78, 5) is 0. The minimum atomic E-state index is 0.296. The van der Waals surface area contributed by atoms with Crippen LogP contribution in [-0.2, 0) is 18.9 Å². The molecule has 0 atom stereocenters. The van der Waals surface area contributed by atoms with Gasteiger partial charge in [0.1, 0.15) is 0 Å². The van der Waals surface area contributed by atoms with Gasteiger partial charge in [0.05, 0.1) is 26.4 Å². The summed E-state index contributed by atoms with van der Waals surface area (Å²) in [6.07, 6.45) is 0. The molecule has 0 saturated heterocycles. The van der Waals surface area contributed by atoms with Crippen LogP contribution in [0.1, 0.15) is 13.8 Å². The van der Waals surface area contributed by atoms with E-state index in [1.807, 2.05) is 0 Å². The molecule has 0 aromatic carbocycles. The third kappa shape index (κ3) is 2.81. The number of rotatable bonds is 8. The first-order chi connectivity index (χ1) is 10.6. The molecule has 0 fully saturated rings. The van der Waals surface area contributed by atoms with Crippen molar-refractivity contribution in [2.45, 2.75) is 13.8 Å². The molecule has 2 rings (SSSR count). The molecule has 0 amide bonds. The average molecular weight is 308 g/mol. The topological polar surface area (TPSA) is 36.9 Å². The van der Waals surface area contributed by atoms with Crippen LogP contribution in [0.15, 0.2) is 33.4 Å². The van der Waals surface area contributed by atoms with Crippen LogP contribution in [0.2, 0.25) is 0 Å². The van der Waals surface area contributed by atoms with Crippen molar-refractivity contribution in [1.82, 2.24) is 0 Å². The van der Waals surface area contributed by atoms with Crippen LogP contribution in [0.4, 0.5) is 0 Å². The first-order valence-electron chi connectivity index (χ1n) is 7.68. The van der Waals surface area contributed by atoms with Gasteiger partial charge in [0.25, 0.3) is 0 Å². The number of fused-ring (bicyclic) bond motifs is 2. The third-order valence-electron chi connectivity index (χ3n) is 4.62. The van der Waals surface area contributed by atoms with Gasteiger partial charge in [-0.3, -0.25) is 0 Å². The van der Waals surface area contributed by atoms with Crippen molar-refractivity contribution in [3.8, 4) is 0 Å². The molecule has 0 aromatic rings. The summed E-state index contributed by atoms with van der Waals surface area (Å²) in [6, 6.07) is 0. The number of allylic oxidation sites excluding steroid dienone is 2.